The smallest absolute Gasteiger partial charge is 0.234 e. The van der Waals surface area contributed by atoms with Crippen molar-refractivity contribution in [1.82, 2.24) is 20.7 Å². The topological polar surface area (TPSA) is 96.7 Å². The number of rotatable bonds is 10. The first-order chi connectivity index (χ1) is 15.4. The summed E-state index contributed by atoms with van der Waals surface area (Å²) in [5.74, 6) is 1.60. The Morgan fingerprint density at radius 1 is 1.16 bits per heavy atom. The van der Waals surface area contributed by atoms with Crippen molar-refractivity contribution in [3.63, 3.8) is 0 Å². The van der Waals surface area contributed by atoms with E-state index < -0.39 is 0 Å². The lowest BCUT2D eigenvalue weighted by atomic mass is 10.0. The SMILES string of the molecule is CCCNC(=O)CN1CCC(NC(=O)Cc2ccc(OCc3c(C)noc3C)cc2)CC1. The van der Waals surface area contributed by atoms with E-state index >= 15 is 0 Å². The molecule has 8 heteroatoms. The third-order valence-corrected chi connectivity index (χ3v) is 5.74. The first-order valence-corrected chi connectivity index (χ1v) is 11.4. The highest BCUT2D eigenvalue weighted by atomic mass is 16.5. The Balaban J connectivity index is 1.37. The minimum absolute atomic E-state index is 0.0218. The van der Waals surface area contributed by atoms with Gasteiger partial charge in [-0.25, -0.2) is 0 Å². The van der Waals surface area contributed by atoms with E-state index in [0.29, 0.717) is 19.6 Å². The molecule has 0 unspecified atom stereocenters. The number of hydrogen-bond acceptors (Lipinski definition) is 6. The summed E-state index contributed by atoms with van der Waals surface area (Å²) in [5, 5.41) is 9.97. The summed E-state index contributed by atoms with van der Waals surface area (Å²) in [5.41, 5.74) is 2.74. The predicted molar refractivity (Wildman–Crippen MR) is 121 cm³/mol. The molecule has 1 saturated heterocycles. The number of nitrogens with one attached hydrogen (secondary N) is 2. The van der Waals surface area contributed by atoms with E-state index in [4.69, 9.17) is 9.26 Å². The van der Waals surface area contributed by atoms with Crippen LogP contribution in [-0.2, 0) is 22.6 Å². The second kappa shape index (κ2) is 11.7. The van der Waals surface area contributed by atoms with E-state index in [9.17, 15) is 9.59 Å². The second-order valence-electron chi connectivity index (χ2n) is 8.38. The van der Waals surface area contributed by atoms with Gasteiger partial charge in [0.2, 0.25) is 11.8 Å². The fourth-order valence-electron chi connectivity index (χ4n) is 3.79. The number of ether oxygens (including phenoxy) is 1. The van der Waals surface area contributed by atoms with Gasteiger partial charge in [-0.3, -0.25) is 14.5 Å². The van der Waals surface area contributed by atoms with Crippen LogP contribution in [0.5, 0.6) is 5.75 Å². The third-order valence-electron chi connectivity index (χ3n) is 5.74. The molecule has 8 nitrogen and oxygen atoms in total. The van der Waals surface area contributed by atoms with Crippen molar-refractivity contribution >= 4 is 11.8 Å². The molecule has 2 aromatic rings. The van der Waals surface area contributed by atoms with E-state index in [-0.39, 0.29) is 17.9 Å². The molecular weight excluding hydrogens is 408 g/mol. The summed E-state index contributed by atoms with van der Waals surface area (Å²) in [6.07, 6.45) is 3.00. The number of aryl methyl sites for hydroxylation is 2. The van der Waals surface area contributed by atoms with E-state index in [1.807, 2.05) is 45.0 Å². The van der Waals surface area contributed by atoms with Crippen molar-refractivity contribution in [1.29, 1.82) is 0 Å². The number of likely N-dealkylation sites (tertiary alicyclic amines) is 1. The Morgan fingerprint density at radius 3 is 2.50 bits per heavy atom. The summed E-state index contributed by atoms with van der Waals surface area (Å²) in [6, 6.07) is 7.75. The first-order valence-electron chi connectivity index (χ1n) is 11.4. The molecule has 1 aromatic heterocycles. The van der Waals surface area contributed by atoms with Crippen LogP contribution in [0.2, 0.25) is 0 Å². The van der Waals surface area contributed by atoms with Crippen LogP contribution < -0.4 is 15.4 Å². The van der Waals surface area contributed by atoms with Gasteiger partial charge in [-0.2, -0.15) is 0 Å². The minimum atomic E-state index is 0.0218. The predicted octanol–water partition coefficient (Wildman–Crippen LogP) is 2.52. The molecule has 1 aromatic carbocycles. The molecule has 2 N–H and O–H groups in total. The Kier molecular flexibility index (Phi) is 8.67. The molecular formula is C24H34N4O4. The highest BCUT2D eigenvalue weighted by Crippen LogP contribution is 2.18. The van der Waals surface area contributed by atoms with Crippen LogP contribution in [0, 0.1) is 13.8 Å². The molecule has 32 heavy (non-hydrogen) atoms. The van der Waals surface area contributed by atoms with Crippen molar-refractivity contribution in [2.75, 3.05) is 26.2 Å². The molecule has 1 fully saturated rings. The standard InChI is InChI=1S/C24H34N4O4/c1-4-11-25-24(30)15-28-12-9-20(10-13-28)26-23(29)14-19-5-7-21(8-6-19)31-16-22-17(2)27-32-18(22)3/h5-8,20H,4,9-16H2,1-3H3,(H,25,30)(H,26,29). The van der Waals surface area contributed by atoms with Crippen molar-refractivity contribution in [2.24, 2.45) is 0 Å². The maximum Gasteiger partial charge on any atom is 0.234 e. The van der Waals surface area contributed by atoms with Crippen LogP contribution >= 0.6 is 0 Å². The lowest BCUT2D eigenvalue weighted by Crippen LogP contribution is -2.47. The van der Waals surface area contributed by atoms with Gasteiger partial charge in [0.15, 0.2) is 0 Å². The lowest BCUT2D eigenvalue weighted by Gasteiger charge is -2.31. The van der Waals surface area contributed by atoms with Gasteiger partial charge in [-0.1, -0.05) is 24.2 Å². The quantitative estimate of drug-likeness (QED) is 0.587. The molecule has 0 atom stereocenters. The van der Waals surface area contributed by atoms with E-state index in [2.05, 4.69) is 20.7 Å². The van der Waals surface area contributed by atoms with Gasteiger partial charge in [0.05, 0.1) is 24.2 Å². The number of carbonyl (C=O) groups is 2. The van der Waals surface area contributed by atoms with Gasteiger partial charge in [0, 0.05) is 25.7 Å². The van der Waals surface area contributed by atoms with Crippen LogP contribution in [0.1, 0.15) is 48.8 Å². The summed E-state index contributed by atoms with van der Waals surface area (Å²) in [4.78, 5) is 26.5. The van der Waals surface area contributed by atoms with Crippen molar-refractivity contribution in [3.05, 3.63) is 46.8 Å². The van der Waals surface area contributed by atoms with E-state index in [1.165, 1.54) is 0 Å². The zero-order valence-corrected chi connectivity index (χ0v) is 19.3. The van der Waals surface area contributed by atoms with Gasteiger partial charge < -0.3 is 19.9 Å². The van der Waals surface area contributed by atoms with Crippen LogP contribution in [0.3, 0.4) is 0 Å². The minimum Gasteiger partial charge on any atom is -0.489 e. The number of amides is 2. The molecule has 0 bridgehead atoms. The van der Waals surface area contributed by atoms with Gasteiger partial charge in [-0.15, -0.1) is 0 Å². The maximum atomic E-state index is 12.5. The van der Waals surface area contributed by atoms with Crippen molar-refractivity contribution < 1.29 is 18.8 Å². The zero-order chi connectivity index (χ0) is 22.9. The molecule has 1 aliphatic heterocycles. The fraction of sp³-hybridized carbons (Fsp3) is 0.542. The molecule has 0 radical (unpaired) electrons. The van der Waals surface area contributed by atoms with Gasteiger partial charge >= 0.3 is 0 Å². The molecule has 2 amide bonds. The number of nitrogens with zero attached hydrogens (tertiary/aromatic N) is 2. The maximum absolute atomic E-state index is 12.5. The summed E-state index contributed by atoms with van der Waals surface area (Å²) < 4.78 is 11.0. The highest BCUT2D eigenvalue weighted by Gasteiger charge is 2.22. The van der Waals surface area contributed by atoms with Gasteiger partial charge in [0.1, 0.15) is 18.1 Å². The molecule has 3 rings (SSSR count). The van der Waals surface area contributed by atoms with E-state index in [0.717, 1.165) is 67.2 Å². The van der Waals surface area contributed by atoms with Crippen LogP contribution in [0.25, 0.3) is 0 Å². The van der Waals surface area contributed by atoms with Crippen LogP contribution in [0.15, 0.2) is 28.8 Å². The zero-order valence-electron chi connectivity index (χ0n) is 19.3. The highest BCUT2D eigenvalue weighted by molar-refractivity contribution is 5.79. The monoisotopic (exact) mass is 442 g/mol. The van der Waals surface area contributed by atoms with Gasteiger partial charge in [0.25, 0.3) is 0 Å². The molecule has 0 aliphatic carbocycles. The number of hydrogen-bond donors (Lipinski definition) is 2. The average Bonchev–Trinajstić information content (AvgIpc) is 3.10. The normalized spacial score (nSPS) is 14.8. The van der Waals surface area contributed by atoms with Crippen LogP contribution in [-0.4, -0.2) is 54.1 Å². The second-order valence-corrected chi connectivity index (χ2v) is 8.38. The third kappa shape index (κ3) is 7.09. The average molecular weight is 443 g/mol. The summed E-state index contributed by atoms with van der Waals surface area (Å²) in [6.45, 7) is 9.01. The van der Waals surface area contributed by atoms with Crippen LogP contribution in [0.4, 0.5) is 0 Å². The number of aromatic nitrogens is 1. The Bertz CT molecular complexity index is 866. The Morgan fingerprint density at radius 2 is 1.88 bits per heavy atom. The first kappa shape index (κ1) is 23.8. The van der Waals surface area contributed by atoms with Crippen molar-refractivity contribution in [3.8, 4) is 5.75 Å². The largest absolute Gasteiger partial charge is 0.489 e. The molecule has 174 valence electrons. The molecule has 0 saturated carbocycles. The van der Waals surface area contributed by atoms with Gasteiger partial charge in [-0.05, 0) is 50.8 Å². The van der Waals surface area contributed by atoms with E-state index in [1.54, 1.807) is 0 Å². The summed E-state index contributed by atoms with van der Waals surface area (Å²) >= 11 is 0. The Hall–Kier alpha value is -2.87. The molecule has 0 spiro atoms. The number of carbonyl (C=O) groups excluding carboxylic acids is 2. The lowest BCUT2D eigenvalue weighted by molar-refractivity contribution is -0.124. The summed E-state index contributed by atoms with van der Waals surface area (Å²) in [7, 11) is 0. The molecule has 2 heterocycles. The fourth-order valence-corrected chi connectivity index (χ4v) is 3.79. The number of benzene rings is 1. The number of piperidine rings is 1. The Labute approximate surface area is 189 Å². The van der Waals surface area contributed by atoms with Crippen molar-refractivity contribution in [2.45, 2.75) is 59.1 Å². The molecule has 1 aliphatic rings.